The molecule has 5 nitrogen and oxygen atoms in total. The fourth-order valence-electron chi connectivity index (χ4n) is 4.38. The van der Waals surface area contributed by atoms with Crippen LogP contribution in [0.5, 0.6) is 5.88 Å². The zero-order chi connectivity index (χ0) is 17.9. The molecule has 5 rings (SSSR count). The number of piperidine rings is 1. The number of ether oxygens (including phenoxy) is 1. The minimum atomic E-state index is -2.66. The normalized spacial score (nSPS) is 29.0. The number of rotatable bonds is 5. The summed E-state index contributed by atoms with van der Waals surface area (Å²) in [6, 6.07) is 3.70. The van der Waals surface area contributed by atoms with E-state index in [0.29, 0.717) is 41.7 Å². The molecule has 2 aliphatic carbocycles. The van der Waals surface area contributed by atoms with Crippen LogP contribution in [-0.2, 0) is 0 Å². The smallest absolute Gasteiger partial charge is 0.282 e. The monoisotopic (exact) mass is 363 g/mol. The molecule has 2 saturated carbocycles. The van der Waals surface area contributed by atoms with Crippen molar-refractivity contribution in [2.75, 3.05) is 31.1 Å². The first kappa shape index (κ1) is 16.3. The second-order valence-electron chi connectivity index (χ2n) is 8.28. The number of carbonyl (C=O) groups excluding carboxylic acids is 1. The van der Waals surface area contributed by atoms with Crippen LogP contribution in [0.4, 0.5) is 14.5 Å². The molecule has 2 aliphatic heterocycles. The molecular weight excluding hydrogens is 340 g/mol. The van der Waals surface area contributed by atoms with E-state index < -0.39 is 5.92 Å². The molecule has 1 aromatic rings. The lowest BCUT2D eigenvalue weighted by Crippen LogP contribution is -2.56. The van der Waals surface area contributed by atoms with E-state index in [0.717, 1.165) is 32.2 Å². The van der Waals surface area contributed by atoms with Crippen molar-refractivity contribution in [2.24, 2.45) is 11.8 Å². The summed E-state index contributed by atoms with van der Waals surface area (Å²) < 4.78 is 32.4. The quantitative estimate of drug-likeness (QED) is 0.807. The fourth-order valence-corrected chi connectivity index (χ4v) is 4.38. The van der Waals surface area contributed by atoms with E-state index in [1.54, 1.807) is 17.0 Å². The number of likely N-dealkylation sites (tertiary alicyclic amines) is 1. The van der Waals surface area contributed by atoms with Gasteiger partial charge >= 0.3 is 0 Å². The number of hydrogen-bond acceptors (Lipinski definition) is 4. The third-order valence-corrected chi connectivity index (χ3v) is 6.07. The van der Waals surface area contributed by atoms with E-state index in [9.17, 15) is 13.6 Å². The van der Waals surface area contributed by atoms with Crippen LogP contribution in [0.1, 0.15) is 42.6 Å². The molecule has 140 valence electrons. The third-order valence-electron chi connectivity index (χ3n) is 6.07. The highest BCUT2D eigenvalue weighted by Gasteiger charge is 2.45. The molecule has 7 heteroatoms. The number of halogens is 2. The SMILES string of the molecule is O=C(c1ccc(N2CC(F)(F)C2)c(OCC2CC2)n1)N1C[C@@H]2CCC1C2. The Balaban J connectivity index is 1.37. The first-order valence-electron chi connectivity index (χ1n) is 9.56. The first-order valence-corrected chi connectivity index (χ1v) is 9.56. The second-order valence-corrected chi connectivity index (χ2v) is 8.28. The molecule has 2 bridgehead atoms. The Morgan fingerprint density at radius 2 is 2.04 bits per heavy atom. The molecule has 2 saturated heterocycles. The molecule has 0 N–H and O–H groups in total. The molecule has 0 aromatic carbocycles. The van der Waals surface area contributed by atoms with Crippen LogP contribution < -0.4 is 9.64 Å². The van der Waals surface area contributed by atoms with Gasteiger partial charge in [-0.25, -0.2) is 13.8 Å². The van der Waals surface area contributed by atoms with Crippen molar-refractivity contribution in [1.29, 1.82) is 0 Å². The summed E-state index contributed by atoms with van der Waals surface area (Å²) in [4.78, 5) is 20.8. The zero-order valence-corrected chi connectivity index (χ0v) is 14.7. The highest BCUT2D eigenvalue weighted by atomic mass is 19.3. The predicted molar refractivity (Wildman–Crippen MR) is 91.8 cm³/mol. The summed E-state index contributed by atoms with van der Waals surface area (Å²) in [5.41, 5.74) is 0.926. The third kappa shape index (κ3) is 2.91. The van der Waals surface area contributed by atoms with Gasteiger partial charge in [-0.05, 0) is 56.1 Å². The van der Waals surface area contributed by atoms with Gasteiger partial charge in [0.2, 0.25) is 5.88 Å². The van der Waals surface area contributed by atoms with Crippen molar-refractivity contribution in [2.45, 2.75) is 44.1 Å². The van der Waals surface area contributed by atoms with E-state index in [1.807, 2.05) is 4.90 Å². The minimum Gasteiger partial charge on any atom is -0.476 e. The number of carbonyl (C=O) groups is 1. The molecule has 0 spiro atoms. The molecule has 1 unspecified atom stereocenters. The van der Waals surface area contributed by atoms with Gasteiger partial charge in [0.1, 0.15) is 11.4 Å². The van der Waals surface area contributed by atoms with E-state index in [4.69, 9.17) is 4.74 Å². The zero-order valence-electron chi connectivity index (χ0n) is 14.7. The van der Waals surface area contributed by atoms with Crippen LogP contribution in [0.3, 0.4) is 0 Å². The minimum absolute atomic E-state index is 0.0611. The van der Waals surface area contributed by atoms with Crippen molar-refractivity contribution >= 4 is 11.6 Å². The van der Waals surface area contributed by atoms with Crippen molar-refractivity contribution in [3.05, 3.63) is 17.8 Å². The van der Waals surface area contributed by atoms with Gasteiger partial charge in [-0.3, -0.25) is 4.79 Å². The van der Waals surface area contributed by atoms with Crippen LogP contribution in [0, 0.1) is 11.8 Å². The second kappa shape index (κ2) is 5.79. The lowest BCUT2D eigenvalue weighted by molar-refractivity contribution is -0.0265. The predicted octanol–water partition coefficient (Wildman–Crippen LogP) is 2.95. The molecule has 1 aromatic heterocycles. The summed E-state index contributed by atoms with van der Waals surface area (Å²) in [5.74, 6) is -1.25. The Morgan fingerprint density at radius 3 is 2.65 bits per heavy atom. The average molecular weight is 363 g/mol. The first-order chi connectivity index (χ1) is 12.5. The van der Waals surface area contributed by atoms with E-state index >= 15 is 0 Å². The topological polar surface area (TPSA) is 45.7 Å². The molecule has 4 aliphatic rings. The lowest BCUT2D eigenvalue weighted by atomic mass is 10.1. The number of amides is 1. The van der Waals surface area contributed by atoms with Crippen molar-refractivity contribution in [3.63, 3.8) is 0 Å². The Kier molecular flexibility index (Phi) is 3.62. The highest BCUT2D eigenvalue weighted by Crippen LogP contribution is 2.40. The number of nitrogens with zero attached hydrogens (tertiary/aromatic N) is 3. The Labute approximate surface area is 151 Å². The molecule has 3 heterocycles. The summed E-state index contributed by atoms with van der Waals surface area (Å²) in [5, 5.41) is 0. The summed E-state index contributed by atoms with van der Waals surface area (Å²) >= 11 is 0. The summed E-state index contributed by atoms with van der Waals surface area (Å²) in [6.07, 6.45) is 5.64. The van der Waals surface area contributed by atoms with Gasteiger partial charge in [0.25, 0.3) is 11.8 Å². The molecule has 26 heavy (non-hydrogen) atoms. The molecule has 0 radical (unpaired) electrons. The van der Waals surface area contributed by atoms with Gasteiger partial charge < -0.3 is 14.5 Å². The molecule has 4 fully saturated rings. The Morgan fingerprint density at radius 1 is 1.23 bits per heavy atom. The lowest BCUT2D eigenvalue weighted by Gasteiger charge is -2.40. The molecule has 1 amide bonds. The van der Waals surface area contributed by atoms with Crippen molar-refractivity contribution < 1.29 is 18.3 Å². The summed E-state index contributed by atoms with van der Waals surface area (Å²) in [6.45, 7) is 0.703. The van der Waals surface area contributed by atoms with Crippen LogP contribution >= 0.6 is 0 Å². The van der Waals surface area contributed by atoms with E-state index in [2.05, 4.69) is 4.98 Å². The standard InChI is InChI=1S/C19H23F2N3O2/c20-19(21)10-23(11-19)16-6-5-15(22-17(16)26-9-12-1-2-12)18(25)24-8-13-3-4-14(24)7-13/h5-6,12-14H,1-4,7-11H2/t13-,14?/m1/s1. The number of fused-ring (bicyclic) bond motifs is 2. The summed E-state index contributed by atoms with van der Waals surface area (Å²) in [7, 11) is 0. The number of aromatic nitrogens is 1. The van der Waals surface area contributed by atoms with Gasteiger partial charge in [-0.2, -0.15) is 0 Å². The van der Waals surface area contributed by atoms with Crippen molar-refractivity contribution in [3.8, 4) is 5.88 Å². The number of alkyl halides is 2. The molecule has 2 atom stereocenters. The Hall–Kier alpha value is -1.92. The van der Waals surface area contributed by atoms with Gasteiger partial charge in [-0.15, -0.1) is 0 Å². The van der Waals surface area contributed by atoms with Crippen LogP contribution in [0.2, 0.25) is 0 Å². The Bertz CT molecular complexity index is 729. The van der Waals surface area contributed by atoms with Gasteiger partial charge in [-0.1, -0.05) is 0 Å². The van der Waals surface area contributed by atoms with Gasteiger partial charge in [0.15, 0.2) is 0 Å². The number of pyridine rings is 1. The van der Waals surface area contributed by atoms with Gasteiger partial charge in [0.05, 0.1) is 19.7 Å². The van der Waals surface area contributed by atoms with Crippen LogP contribution in [-0.4, -0.2) is 54.0 Å². The van der Waals surface area contributed by atoms with Crippen LogP contribution in [0.25, 0.3) is 0 Å². The van der Waals surface area contributed by atoms with Crippen molar-refractivity contribution in [1.82, 2.24) is 9.88 Å². The maximum Gasteiger partial charge on any atom is 0.282 e. The maximum absolute atomic E-state index is 13.3. The van der Waals surface area contributed by atoms with Crippen LogP contribution in [0.15, 0.2) is 12.1 Å². The van der Waals surface area contributed by atoms with Gasteiger partial charge in [0, 0.05) is 12.6 Å². The average Bonchev–Trinajstić information content (AvgIpc) is 3.19. The largest absolute Gasteiger partial charge is 0.476 e. The number of hydrogen-bond donors (Lipinski definition) is 0. The fraction of sp³-hybridized carbons (Fsp3) is 0.684. The van der Waals surface area contributed by atoms with E-state index in [1.165, 1.54) is 6.42 Å². The van der Waals surface area contributed by atoms with E-state index in [-0.39, 0.29) is 19.0 Å². The number of anilines is 1. The maximum atomic E-state index is 13.3. The highest BCUT2D eigenvalue weighted by molar-refractivity contribution is 5.93. The molecular formula is C19H23F2N3O2.